The Hall–Kier alpha value is -2.41. The molecule has 2 unspecified atom stereocenters. The maximum absolute atomic E-state index is 11.8. The van der Waals surface area contributed by atoms with Crippen molar-refractivity contribution >= 4 is 6.09 Å². The van der Waals surface area contributed by atoms with Gasteiger partial charge >= 0.3 is 6.09 Å². The fraction of sp³-hybridized carbons (Fsp3) is 0.458. The SMILES string of the molecule is CCOC(=O)N1CCN(CC(O)COC(c2ccccc2)c2ccccc2C)CC1. The van der Waals surface area contributed by atoms with Crippen LogP contribution in [-0.4, -0.2) is 73.0 Å². The lowest BCUT2D eigenvalue weighted by molar-refractivity contribution is -0.0145. The van der Waals surface area contributed by atoms with E-state index in [1.165, 1.54) is 0 Å². The van der Waals surface area contributed by atoms with E-state index in [9.17, 15) is 9.90 Å². The molecule has 1 fully saturated rings. The second kappa shape index (κ2) is 11.1. The molecule has 1 aliphatic rings. The highest BCUT2D eigenvalue weighted by Gasteiger charge is 2.24. The van der Waals surface area contributed by atoms with E-state index in [4.69, 9.17) is 9.47 Å². The van der Waals surface area contributed by atoms with Gasteiger partial charge < -0.3 is 19.5 Å². The third-order valence-corrected chi connectivity index (χ3v) is 5.40. The molecule has 0 bridgehead atoms. The Kier molecular flexibility index (Phi) is 8.25. The second-order valence-corrected chi connectivity index (χ2v) is 7.62. The maximum atomic E-state index is 11.8. The third-order valence-electron chi connectivity index (χ3n) is 5.40. The largest absolute Gasteiger partial charge is 0.450 e. The summed E-state index contributed by atoms with van der Waals surface area (Å²) in [6.45, 7) is 7.70. The summed E-state index contributed by atoms with van der Waals surface area (Å²) in [4.78, 5) is 15.7. The molecule has 0 spiro atoms. The Labute approximate surface area is 179 Å². The molecule has 1 aliphatic heterocycles. The first-order chi connectivity index (χ1) is 14.6. The first kappa shape index (κ1) is 22.3. The van der Waals surface area contributed by atoms with Crippen LogP contribution in [-0.2, 0) is 9.47 Å². The Morgan fingerprint density at radius 3 is 2.37 bits per heavy atom. The number of β-amino-alcohol motifs (C(OH)–C–C–N with tert-alkyl or cyclic N) is 1. The zero-order valence-corrected chi connectivity index (χ0v) is 17.9. The summed E-state index contributed by atoms with van der Waals surface area (Å²) in [6, 6.07) is 18.3. The molecule has 1 N–H and O–H groups in total. The van der Waals surface area contributed by atoms with Crippen molar-refractivity contribution in [2.24, 2.45) is 0 Å². The van der Waals surface area contributed by atoms with Gasteiger partial charge in [-0.2, -0.15) is 0 Å². The van der Waals surface area contributed by atoms with E-state index in [0.717, 1.165) is 29.8 Å². The minimum atomic E-state index is -0.602. The van der Waals surface area contributed by atoms with Gasteiger partial charge in [-0.15, -0.1) is 0 Å². The molecule has 0 saturated carbocycles. The number of piperazine rings is 1. The fourth-order valence-corrected chi connectivity index (χ4v) is 3.76. The minimum absolute atomic E-state index is 0.220. The molecule has 1 heterocycles. The Morgan fingerprint density at radius 2 is 1.70 bits per heavy atom. The van der Waals surface area contributed by atoms with Gasteiger partial charge in [-0.25, -0.2) is 4.79 Å². The molecule has 0 radical (unpaired) electrons. The standard InChI is InChI=1S/C24H32N2O4/c1-3-29-24(28)26-15-13-25(14-16-26)17-21(27)18-30-23(20-10-5-4-6-11-20)22-12-8-7-9-19(22)2/h4-12,21,23,27H,3,13-18H2,1-2H3. The third kappa shape index (κ3) is 6.05. The quantitative estimate of drug-likeness (QED) is 0.721. The molecule has 2 atom stereocenters. The average molecular weight is 413 g/mol. The lowest BCUT2D eigenvalue weighted by atomic mass is 9.97. The molecule has 6 nitrogen and oxygen atoms in total. The van der Waals surface area contributed by atoms with Gasteiger partial charge in [0, 0.05) is 32.7 Å². The number of amides is 1. The molecule has 2 aromatic carbocycles. The molecule has 1 amide bonds. The number of ether oxygens (including phenoxy) is 2. The molecule has 0 aromatic heterocycles. The van der Waals surface area contributed by atoms with E-state index in [-0.39, 0.29) is 18.8 Å². The molecular weight excluding hydrogens is 380 g/mol. The lowest BCUT2D eigenvalue weighted by Gasteiger charge is -2.35. The number of nitrogens with zero attached hydrogens (tertiary/aromatic N) is 2. The van der Waals surface area contributed by atoms with Crippen LogP contribution in [0.3, 0.4) is 0 Å². The topological polar surface area (TPSA) is 62.2 Å². The smallest absolute Gasteiger partial charge is 0.409 e. The highest BCUT2D eigenvalue weighted by atomic mass is 16.6. The molecule has 2 aromatic rings. The Balaban J connectivity index is 1.55. The summed E-state index contributed by atoms with van der Waals surface area (Å²) < 4.78 is 11.3. The molecular formula is C24H32N2O4. The van der Waals surface area contributed by atoms with Crippen LogP contribution >= 0.6 is 0 Å². The van der Waals surface area contributed by atoms with Crippen molar-refractivity contribution < 1.29 is 19.4 Å². The molecule has 1 saturated heterocycles. The number of hydrogen-bond acceptors (Lipinski definition) is 5. The zero-order chi connectivity index (χ0) is 21.3. The summed E-state index contributed by atoms with van der Waals surface area (Å²) in [5.74, 6) is 0. The van der Waals surface area contributed by atoms with Crippen LogP contribution in [0.25, 0.3) is 0 Å². The predicted molar refractivity (Wildman–Crippen MR) is 116 cm³/mol. The number of carbonyl (C=O) groups excluding carboxylic acids is 1. The van der Waals surface area contributed by atoms with Crippen molar-refractivity contribution in [2.45, 2.75) is 26.1 Å². The van der Waals surface area contributed by atoms with E-state index in [1.807, 2.05) is 37.3 Å². The van der Waals surface area contributed by atoms with Gasteiger partial charge in [0.05, 0.1) is 19.3 Å². The molecule has 3 rings (SSSR count). The number of carbonyl (C=O) groups is 1. The maximum Gasteiger partial charge on any atom is 0.409 e. The molecule has 30 heavy (non-hydrogen) atoms. The van der Waals surface area contributed by atoms with Crippen LogP contribution in [0.5, 0.6) is 0 Å². The van der Waals surface area contributed by atoms with Gasteiger partial charge in [0.2, 0.25) is 0 Å². The van der Waals surface area contributed by atoms with E-state index in [2.05, 4.69) is 36.1 Å². The van der Waals surface area contributed by atoms with E-state index in [1.54, 1.807) is 4.90 Å². The molecule has 0 aliphatic carbocycles. The van der Waals surface area contributed by atoms with E-state index >= 15 is 0 Å². The van der Waals surface area contributed by atoms with Crippen molar-refractivity contribution in [3.63, 3.8) is 0 Å². The van der Waals surface area contributed by atoms with Crippen molar-refractivity contribution in [1.29, 1.82) is 0 Å². The lowest BCUT2D eigenvalue weighted by Crippen LogP contribution is -2.51. The minimum Gasteiger partial charge on any atom is -0.450 e. The average Bonchev–Trinajstić information content (AvgIpc) is 2.76. The monoisotopic (exact) mass is 412 g/mol. The van der Waals surface area contributed by atoms with Gasteiger partial charge in [-0.05, 0) is 30.5 Å². The van der Waals surface area contributed by atoms with Crippen molar-refractivity contribution in [3.8, 4) is 0 Å². The molecule has 162 valence electrons. The first-order valence-electron chi connectivity index (χ1n) is 10.6. The van der Waals surface area contributed by atoms with Gasteiger partial charge in [-0.1, -0.05) is 54.6 Å². The second-order valence-electron chi connectivity index (χ2n) is 7.62. The van der Waals surface area contributed by atoms with Gasteiger partial charge in [0.25, 0.3) is 0 Å². The number of benzene rings is 2. The van der Waals surface area contributed by atoms with Crippen LogP contribution in [0, 0.1) is 6.92 Å². The van der Waals surface area contributed by atoms with Crippen LogP contribution in [0.2, 0.25) is 0 Å². The Morgan fingerprint density at radius 1 is 1.03 bits per heavy atom. The van der Waals surface area contributed by atoms with Gasteiger partial charge in [0.1, 0.15) is 6.10 Å². The number of rotatable bonds is 8. The summed E-state index contributed by atoms with van der Waals surface area (Å²) in [5, 5.41) is 10.6. The van der Waals surface area contributed by atoms with Crippen molar-refractivity contribution in [2.75, 3.05) is 45.9 Å². The van der Waals surface area contributed by atoms with Crippen molar-refractivity contribution in [3.05, 3.63) is 71.3 Å². The van der Waals surface area contributed by atoms with E-state index < -0.39 is 6.10 Å². The van der Waals surface area contributed by atoms with E-state index in [0.29, 0.717) is 26.2 Å². The van der Waals surface area contributed by atoms with Crippen LogP contribution in [0.4, 0.5) is 4.79 Å². The van der Waals surface area contributed by atoms with Crippen LogP contribution < -0.4 is 0 Å². The number of aliphatic hydroxyl groups is 1. The van der Waals surface area contributed by atoms with Crippen molar-refractivity contribution in [1.82, 2.24) is 9.80 Å². The first-order valence-corrected chi connectivity index (χ1v) is 10.6. The summed E-state index contributed by atoms with van der Waals surface area (Å²) in [7, 11) is 0. The van der Waals surface area contributed by atoms with Gasteiger partial charge in [-0.3, -0.25) is 4.90 Å². The summed E-state index contributed by atoms with van der Waals surface area (Å²) in [5.41, 5.74) is 3.34. The molecule has 6 heteroatoms. The highest BCUT2D eigenvalue weighted by Crippen LogP contribution is 2.28. The fourth-order valence-electron chi connectivity index (χ4n) is 3.76. The summed E-state index contributed by atoms with van der Waals surface area (Å²) >= 11 is 0. The predicted octanol–water partition coefficient (Wildman–Crippen LogP) is 3.24. The zero-order valence-electron chi connectivity index (χ0n) is 17.9. The normalized spacial score (nSPS) is 16.8. The van der Waals surface area contributed by atoms with Crippen LogP contribution in [0.15, 0.2) is 54.6 Å². The highest BCUT2D eigenvalue weighted by molar-refractivity contribution is 5.67. The van der Waals surface area contributed by atoms with Gasteiger partial charge in [0.15, 0.2) is 0 Å². The summed E-state index contributed by atoms with van der Waals surface area (Å²) in [6.07, 6.45) is -1.08. The number of aliphatic hydroxyl groups excluding tert-OH is 1. The number of hydrogen-bond donors (Lipinski definition) is 1. The van der Waals surface area contributed by atoms with Crippen LogP contribution in [0.1, 0.15) is 29.7 Å². The number of aryl methyl sites for hydroxylation is 1. The Bertz CT molecular complexity index is 791.